The van der Waals surface area contributed by atoms with Crippen LogP contribution in [0.4, 0.5) is 11.4 Å². The summed E-state index contributed by atoms with van der Waals surface area (Å²) in [4.78, 5) is 26.8. The molecule has 2 unspecified atom stereocenters. The Morgan fingerprint density at radius 3 is 1.42 bits per heavy atom. The Kier molecular flexibility index (Phi) is 10.8. The van der Waals surface area contributed by atoms with E-state index in [4.69, 9.17) is 32.7 Å². The number of nitrogens with one attached hydrogen (secondary N) is 2. The van der Waals surface area contributed by atoms with Gasteiger partial charge in [0.25, 0.3) is 20.0 Å². The predicted octanol–water partition coefficient (Wildman–Crippen LogP) is 6.38. The third-order valence-electron chi connectivity index (χ3n) is 8.49. The number of ether oxygens (including phenoxy) is 2. The molecule has 2 N–H and O–H groups in total. The van der Waals surface area contributed by atoms with Gasteiger partial charge in [0, 0.05) is 13.1 Å². The standard InChI is InChI=1S/C32H32Cl2N4O8S4/c1-45-25-17-19(7-9-21(25)35-31(39)23-5-3-15-37(23)49(41,42)29-13-11-27(33)47-29)20-8-10-22(26(18-20)46-2)36-32(40)24-6-4-16-38(24)50(43,44)30-14-12-28(34)48-30/h7-14,17-18,23-24H,3-6,15-16H2,1-2H3,(H,35,39)(H,36,40). The molecule has 0 saturated carbocycles. The Morgan fingerprint density at radius 2 is 1.08 bits per heavy atom. The van der Waals surface area contributed by atoms with Crippen LogP contribution in [-0.4, -0.2) is 76.7 Å². The van der Waals surface area contributed by atoms with Crippen LogP contribution in [0, 0.1) is 0 Å². The molecule has 4 heterocycles. The highest BCUT2D eigenvalue weighted by molar-refractivity contribution is 7.91. The Balaban J connectivity index is 1.17. The SMILES string of the molecule is COc1cc(-c2ccc(NC(=O)C3CCCN3S(=O)(=O)c3ccc(Cl)s3)c(OC)c2)ccc1NC(=O)C1CCCN1S(=O)(=O)c1ccc(Cl)s1. The molecular formula is C32H32Cl2N4O8S4. The molecule has 2 amide bonds. The van der Waals surface area contributed by atoms with Crippen molar-refractivity contribution in [3.8, 4) is 22.6 Å². The van der Waals surface area contributed by atoms with Gasteiger partial charge in [0.15, 0.2) is 0 Å². The first-order chi connectivity index (χ1) is 23.8. The van der Waals surface area contributed by atoms with Gasteiger partial charge in [0.05, 0.1) is 34.3 Å². The minimum atomic E-state index is -3.90. The van der Waals surface area contributed by atoms with Gasteiger partial charge in [-0.2, -0.15) is 8.61 Å². The maximum Gasteiger partial charge on any atom is 0.253 e. The third kappa shape index (κ3) is 7.25. The van der Waals surface area contributed by atoms with Gasteiger partial charge in [-0.15, -0.1) is 22.7 Å². The summed E-state index contributed by atoms with van der Waals surface area (Å²) in [5.41, 5.74) is 2.14. The quantitative estimate of drug-likeness (QED) is 0.177. The first-order valence-electron chi connectivity index (χ1n) is 15.4. The van der Waals surface area contributed by atoms with Crippen LogP contribution in [0.25, 0.3) is 11.1 Å². The van der Waals surface area contributed by atoms with Gasteiger partial charge in [-0.05, 0) is 85.3 Å². The highest BCUT2D eigenvalue weighted by Gasteiger charge is 2.41. The summed E-state index contributed by atoms with van der Waals surface area (Å²) in [5, 5.41) is 5.66. The number of rotatable bonds is 11. The number of carbonyl (C=O) groups is 2. The van der Waals surface area contributed by atoms with Crippen LogP contribution in [0.2, 0.25) is 8.67 Å². The van der Waals surface area contributed by atoms with Crippen molar-refractivity contribution in [2.75, 3.05) is 37.9 Å². The number of nitrogens with zero attached hydrogens (tertiary/aromatic N) is 2. The lowest BCUT2D eigenvalue weighted by atomic mass is 10.0. The fourth-order valence-corrected chi connectivity index (χ4v) is 12.6. The second-order valence-electron chi connectivity index (χ2n) is 11.5. The van der Waals surface area contributed by atoms with Crippen molar-refractivity contribution in [2.24, 2.45) is 0 Å². The van der Waals surface area contributed by atoms with Gasteiger partial charge in [-0.1, -0.05) is 35.3 Å². The van der Waals surface area contributed by atoms with Crippen LogP contribution in [-0.2, 0) is 29.6 Å². The summed E-state index contributed by atoms with van der Waals surface area (Å²) >= 11 is 13.8. The van der Waals surface area contributed by atoms with Crippen molar-refractivity contribution >= 4 is 89.1 Å². The molecular weight excluding hydrogens is 768 g/mol. The van der Waals surface area contributed by atoms with Crippen LogP contribution in [0.5, 0.6) is 11.5 Å². The minimum absolute atomic E-state index is 0.0819. The van der Waals surface area contributed by atoms with E-state index in [1.807, 2.05) is 0 Å². The molecule has 6 rings (SSSR count). The van der Waals surface area contributed by atoms with Crippen LogP contribution in [0.3, 0.4) is 0 Å². The molecule has 2 fully saturated rings. The number of hydrogen-bond acceptors (Lipinski definition) is 10. The summed E-state index contributed by atoms with van der Waals surface area (Å²) in [6, 6.07) is 14.4. The second kappa shape index (κ2) is 14.8. The number of halogens is 2. The van der Waals surface area contributed by atoms with E-state index in [1.54, 1.807) is 36.4 Å². The second-order valence-corrected chi connectivity index (χ2v) is 19.1. The van der Waals surface area contributed by atoms with Gasteiger partial charge in [0.2, 0.25) is 11.8 Å². The lowest BCUT2D eigenvalue weighted by molar-refractivity contribution is -0.119. The van der Waals surface area contributed by atoms with E-state index in [9.17, 15) is 26.4 Å². The molecule has 4 aromatic rings. The lowest BCUT2D eigenvalue weighted by Gasteiger charge is -2.23. The molecule has 0 bridgehead atoms. The van der Waals surface area contributed by atoms with E-state index in [-0.39, 0.29) is 21.5 Å². The fraction of sp³-hybridized carbons (Fsp3) is 0.312. The van der Waals surface area contributed by atoms with Crippen molar-refractivity contribution in [1.82, 2.24) is 8.61 Å². The molecule has 50 heavy (non-hydrogen) atoms. The summed E-state index contributed by atoms with van der Waals surface area (Å²) in [7, 11) is -4.89. The molecule has 0 radical (unpaired) electrons. The number of methoxy groups -OCH3 is 2. The Morgan fingerprint density at radius 1 is 0.680 bits per heavy atom. The molecule has 18 heteroatoms. The number of amides is 2. The molecule has 2 atom stereocenters. The summed E-state index contributed by atoms with van der Waals surface area (Å²) in [6.07, 6.45) is 1.80. The first kappa shape index (κ1) is 36.6. The number of carbonyl (C=O) groups excluding carboxylic acids is 2. The fourth-order valence-electron chi connectivity index (χ4n) is 6.06. The highest BCUT2D eigenvalue weighted by atomic mass is 35.5. The van der Waals surface area contributed by atoms with Gasteiger partial charge in [0.1, 0.15) is 32.0 Å². The Labute approximate surface area is 308 Å². The van der Waals surface area contributed by atoms with E-state index >= 15 is 0 Å². The Hall–Kier alpha value is -3.22. The molecule has 0 spiro atoms. The van der Waals surface area contributed by atoms with E-state index < -0.39 is 43.9 Å². The van der Waals surface area contributed by atoms with E-state index in [2.05, 4.69) is 10.6 Å². The normalized spacial score (nSPS) is 18.6. The van der Waals surface area contributed by atoms with Crippen LogP contribution in [0.1, 0.15) is 25.7 Å². The van der Waals surface area contributed by atoms with E-state index in [0.29, 0.717) is 68.4 Å². The average Bonchev–Trinajstić information content (AvgIpc) is 3.92. The average molecular weight is 800 g/mol. The molecule has 2 aliphatic heterocycles. The molecule has 12 nitrogen and oxygen atoms in total. The molecule has 2 aliphatic rings. The molecule has 0 aliphatic carbocycles. The van der Waals surface area contributed by atoms with Crippen molar-refractivity contribution in [1.29, 1.82) is 0 Å². The third-order valence-corrected chi connectivity index (χ3v) is 15.7. The van der Waals surface area contributed by atoms with Gasteiger partial charge < -0.3 is 20.1 Å². The number of benzene rings is 2. The van der Waals surface area contributed by atoms with Gasteiger partial charge >= 0.3 is 0 Å². The monoisotopic (exact) mass is 798 g/mol. The molecule has 2 aromatic carbocycles. The number of sulfonamides is 2. The maximum absolute atomic E-state index is 13.4. The van der Waals surface area contributed by atoms with Crippen molar-refractivity contribution in [3.63, 3.8) is 0 Å². The van der Waals surface area contributed by atoms with Crippen LogP contribution < -0.4 is 20.1 Å². The van der Waals surface area contributed by atoms with Crippen LogP contribution >= 0.6 is 45.9 Å². The highest BCUT2D eigenvalue weighted by Crippen LogP contribution is 2.38. The van der Waals surface area contributed by atoms with E-state index in [0.717, 1.165) is 22.7 Å². The zero-order valence-electron chi connectivity index (χ0n) is 26.7. The molecule has 2 aromatic heterocycles. The molecule has 2 saturated heterocycles. The van der Waals surface area contributed by atoms with Crippen molar-refractivity contribution in [2.45, 2.75) is 46.2 Å². The smallest absolute Gasteiger partial charge is 0.253 e. The number of anilines is 2. The van der Waals surface area contributed by atoms with Crippen molar-refractivity contribution < 1.29 is 35.9 Å². The summed E-state index contributed by atoms with van der Waals surface area (Å²) in [5.74, 6) is -0.262. The maximum atomic E-state index is 13.4. The zero-order valence-corrected chi connectivity index (χ0v) is 31.5. The zero-order chi connectivity index (χ0) is 35.8. The molecule has 266 valence electrons. The largest absolute Gasteiger partial charge is 0.495 e. The van der Waals surface area contributed by atoms with Crippen LogP contribution in [0.15, 0.2) is 69.1 Å². The van der Waals surface area contributed by atoms with Gasteiger partial charge in [-0.3, -0.25) is 9.59 Å². The van der Waals surface area contributed by atoms with Crippen molar-refractivity contribution in [3.05, 3.63) is 69.3 Å². The Bertz CT molecular complexity index is 2000. The predicted molar refractivity (Wildman–Crippen MR) is 195 cm³/mol. The summed E-state index contributed by atoms with van der Waals surface area (Å²) in [6.45, 7) is 0.430. The topological polar surface area (TPSA) is 151 Å². The minimum Gasteiger partial charge on any atom is -0.495 e. The lowest BCUT2D eigenvalue weighted by Crippen LogP contribution is -2.42. The number of thiophene rings is 2. The first-order valence-corrected chi connectivity index (χ1v) is 20.6. The van der Waals surface area contributed by atoms with E-state index in [1.165, 1.54) is 47.1 Å². The summed E-state index contributed by atoms with van der Waals surface area (Å²) < 4.78 is 67.5. The van der Waals surface area contributed by atoms with Gasteiger partial charge in [-0.25, -0.2) is 16.8 Å². The number of hydrogen-bond donors (Lipinski definition) is 2.